The van der Waals surface area contributed by atoms with Gasteiger partial charge in [0, 0.05) is 49.0 Å². The minimum atomic E-state index is -3.53. The second-order valence-corrected chi connectivity index (χ2v) is 9.20. The normalized spacial score (nSPS) is 15.5. The van der Waals surface area contributed by atoms with Gasteiger partial charge in [-0.05, 0) is 48.9 Å². The Balaban J connectivity index is 1.37. The molecule has 0 saturated carbocycles. The van der Waals surface area contributed by atoms with E-state index in [0.717, 1.165) is 16.9 Å². The molecule has 7 nitrogen and oxygen atoms in total. The molecule has 0 spiro atoms. The van der Waals surface area contributed by atoms with Crippen molar-refractivity contribution in [2.75, 3.05) is 26.2 Å². The van der Waals surface area contributed by atoms with Gasteiger partial charge in [-0.3, -0.25) is 4.79 Å². The summed E-state index contributed by atoms with van der Waals surface area (Å²) in [6, 6.07) is 18.5. The molecule has 1 aromatic heterocycles. The number of piperazine rings is 1. The SMILES string of the molecule is Cc1ccnn1-c1ccc(C(=O)N2CCN(S(=O)(=O)C=Cc3ccccc3)CC2)cc1. The van der Waals surface area contributed by atoms with Crippen molar-refractivity contribution < 1.29 is 13.2 Å². The molecule has 0 radical (unpaired) electrons. The van der Waals surface area contributed by atoms with E-state index in [9.17, 15) is 13.2 Å². The maximum Gasteiger partial charge on any atom is 0.253 e. The van der Waals surface area contributed by atoms with E-state index in [2.05, 4.69) is 5.10 Å². The number of amides is 1. The number of benzene rings is 2. The molecular formula is C23H24N4O3S. The smallest absolute Gasteiger partial charge is 0.253 e. The van der Waals surface area contributed by atoms with Gasteiger partial charge < -0.3 is 4.90 Å². The Hall–Kier alpha value is -3.23. The molecule has 1 amide bonds. The van der Waals surface area contributed by atoms with Crippen LogP contribution in [0.1, 0.15) is 21.6 Å². The molecule has 0 unspecified atom stereocenters. The van der Waals surface area contributed by atoms with E-state index in [0.29, 0.717) is 18.7 Å². The first-order valence-corrected chi connectivity index (χ1v) is 11.6. The van der Waals surface area contributed by atoms with Crippen LogP contribution in [0.4, 0.5) is 0 Å². The van der Waals surface area contributed by atoms with Crippen LogP contribution in [-0.2, 0) is 10.0 Å². The predicted octanol–water partition coefficient (Wildman–Crippen LogP) is 2.94. The summed E-state index contributed by atoms with van der Waals surface area (Å²) in [4.78, 5) is 14.5. The third kappa shape index (κ3) is 4.76. The molecule has 0 bridgehead atoms. The Kier molecular flexibility index (Phi) is 6.01. The van der Waals surface area contributed by atoms with Crippen LogP contribution in [0.25, 0.3) is 11.8 Å². The van der Waals surface area contributed by atoms with Crippen LogP contribution in [0, 0.1) is 6.92 Å². The van der Waals surface area contributed by atoms with Crippen molar-refractivity contribution in [1.82, 2.24) is 19.0 Å². The lowest BCUT2D eigenvalue weighted by atomic mass is 10.1. The van der Waals surface area contributed by atoms with Crippen molar-refractivity contribution in [2.45, 2.75) is 6.92 Å². The van der Waals surface area contributed by atoms with Crippen molar-refractivity contribution in [3.8, 4) is 5.69 Å². The van der Waals surface area contributed by atoms with Crippen LogP contribution in [0.3, 0.4) is 0 Å². The van der Waals surface area contributed by atoms with Crippen LogP contribution >= 0.6 is 0 Å². The second kappa shape index (κ2) is 8.87. The largest absolute Gasteiger partial charge is 0.336 e. The second-order valence-electron chi connectivity index (χ2n) is 7.38. The van der Waals surface area contributed by atoms with E-state index in [1.807, 2.05) is 55.5 Å². The minimum absolute atomic E-state index is 0.0967. The third-order valence-corrected chi connectivity index (χ3v) is 6.87. The lowest BCUT2D eigenvalue weighted by Gasteiger charge is -2.33. The monoisotopic (exact) mass is 436 g/mol. The molecule has 1 aliphatic heterocycles. The molecule has 160 valence electrons. The summed E-state index contributed by atoms with van der Waals surface area (Å²) in [6.45, 7) is 3.23. The zero-order chi connectivity index (χ0) is 21.8. The highest BCUT2D eigenvalue weighted by Gasteiger charge is 2.27. The van der Waals surface area contributed by atoms with Gasteiger partial charge in [-0.15, -0.1) is 0 Å². The number of aromatic nitrogens is 2. The molecule has 8 heteroatoms. The van der Waals surface area contributed by atoms with E-state index in [1.165, 1.54) is 9.71 Å². The first kappa shape index (κ1) is 21.0. The van der Waals surface area contributed by atoms with Crippen molar-refractivity contribution in [1.29, 1.82) is 0 Å². The number of hydrogen-bond donors (Lipinski definition) is 0. The number of sulfonamides is 1. The predicted molar refractivity (Wildman–Crippen MR) is 120 cm³/mol. The summed E-state index contributed by atoms with van der Waals surface area (Å²) in [5.74, 6) is -0.0967. The zero-order valence-corrected chi connectivity index (χ0v) is 18.1. The minimum Gasteiger partial charge on any atom is -0.336 e. The van der Waals surface area contributed by atoms with Crippen LogP contribution in [0.2, 0.25) is 0 Å². The van der Waals surface area contributed by atoms with Gasteiger partial charge in [0.2, 0.25) is 10.0 Å². The molecule has 2 aromatic carbocycles. The summed E-state index contributed by atoms with van der Waals surface area (Å²) in [5.41, 5.74) is 3.31. The molecule has 3 aromatic rings. The van der Waals surface area contributed by atoms with E-state index in [-0.39, 0.29) is 19.0 Å². The Bertz CT molecular complexity index is 1180. The summed E-state index contributed by atoms with van der Waals surface area (Å²) in [7, 11) is -3.53. The summed E-state index contributed by atoms with van der Waals surface area (Å²) in [5, 5.41) is 5.50. The topological polar surface area (TPSA) is 75.5 Å². The first-order chi connectivity index (χ1) is 14.9. The highest BCUT2D eigenvalue weighted by atomic mass is 32.2. The van der Waals surface area contributed by atoms with Gasteiger partial charge in [-0.2, -0.15) is 9.40 Å². The number of carbonyl (C=O) groups is 1. The molecule has 0 atom stereocenters. The highest BCUT2D eigenvalue weighted by Crippen LogP contribution is 2.16. The lowest BCUT2D eigenvalue weighted by molar-refractivity contribution is 0.0698. The number of rotatable bonds is 5. The summed E-state index contributed by atoms with van der Waals surface area (Å²) in [6.07, 6.45) is 3.33. The van der Waals surface area contributed by atoms with Gasteiger partial charge in [-0.1, -0.05) is 30.3 Å². The van der Waals surface area contributed by atoms with E-state index in [4.69, 9.17) is 0 Å². The molecule has 0 N–H and O–H groups in total. The molecule has 2 heterocycles. The van der Waals surface area contributed by atoms with Crippen molar-refractivity contribution in [2.24, 2.45) is 0 Å². The van der Waals surface area contributed by atoms with E-state index >= 15 is 0 Å². The Morgan fingerprint density at radius 3 is 2.23 bits per heavy atom. The van der Waals surface area contributed by atoms with Gasteiger partial charge >= 0.3 is 0 Å². The van der Waals surface area contributed by atoms with Crippen molar-refractivity contribution in [3.63, 3.8) is 0 Å². The van der Waals surface area contributed by atoms with Crippen LogP contribution in [-0.4, -0.2) is 59.5 Å². The number of aryl methyl sites for hydroxylation is 1. The maximum absolute atomic E-state index is 12.9. The van der Waals surface area contributed by atoms with E-state index in [1.54, 1.807) is 34.0 Å². The fraction of sp³-hybridized carbons (Fsp3) is 0.217. The molecule has 0 aliphatic carbocycles. The van der Waals surface area contributed by atoms with Crippen LogP contribution in [0.5, 0.6) is 0 Å². The summed E-state index contributed by atoms with van der Waals surface area (Å²) >= 11 is 0. The summed E-state index contributed by atoms with van der Waals surface area (Å²) < 4.78 is 28.4. The van der Waals surface area contributed by atoms with Crippen LogP contribution < -0.4 is 0 Å². The highest BCUT2D eigenvalue weighted by molar-refractivity contribution is 7.92. The quantitative estimate of drug-likeness (QED) is 0.616. The molecule has 1 aliphatic rings. The van der Waals surface area contributed by atoms with Gasteiger partial charge in [0.05, 0.1) is 5.69 Å². The molecule has 1 fully saturated rings. The maximum atomic E-state index is 12.9. The van der Waals surface area contributed by atoms with Crippen molar-refractivity contribution in [3.05, 3.63) is 89.1 Å². The molecule has 31 heavy (non-hydrogen) atoms. The average Bonchev–Trinajstić information content (AvgIpc) is 3.24. The fourth-order valence-electron chi connectivity index (χ4n) is 3.53. The molecule has 4 rings (SSSR count). The number of nitrogens with zero attached hydrogens (tertiary/aromatic N) is 4. The third-order valence-electron chi connectivity index (χ3n) is 5.31. The standard InChI is InChI=1S/C23H24N4O3S/c1-19-11-13-24-27(19)22-9-7-21(8-10-22)23(28)25-14-16-26(17-15-25)31(29,30)18-12-20-5-3-2-4-6-20/h2-13,18H,14-17H2,1H3. The Labute approximate surface area is 182 Å². The Morgan fingerprint density at radius 1 is 0.935 bits per heavy atom. The molecular weight excluding hydrogens is 412 g/mol. The van der Waals surface area contributed by atoms with Gasteiger partial charge in [-0.25, -0.2) is 13.1 Å². The van der Waals surface area contributed by atoms with Crippen molar-refractivity contribution >= 4 is 22.0 Å². The Morgan fingerprint density at radius 2 is 1.61 bits per heavy atom. The number of carbonyl (C=O) groups excluding carboxylic acids is 1. The zero-order valence-electron chi connectivity index (χ0n) is 17.3. The first-order valence-electron chi connectivity index (χ1n) is 10.1. The van der Waals surface area contributed by atoms with E-state index < -0.39 is 10.0 Å². The fourth-order valence-corrected chi connectivity index (χ4v) is 4.70. The number of hydrogen-bond acceptors (Lipinski definition) is 4. The lowest BCUT2D eigenvalue weighted by Crippen LogP contribution is -2.50. The average molecular weight is 437 g/mol. The molecule has 1 saturated heterocycles. The van der Waals surface area contributed by atoms with Gasteiger partial charge in [0.1, 0.15) is 0 Å². The van der Waals surface area contributed by atoms with Crippen LogP contribution in [0.15, 0.2) is 72.3 Å². The van der Waals surface area contributed by atoms with Gasteiger partial charge in [0.25, 0.3) is 5.91 Å². The van der Waals surface area contributed by atoms with Gasteiger partial charge in [0.15, 0.2) is 0 Å².